The number of hydrogen-bond acceptors (Lipinski definition) is 4. The number of benzene rings is 2. The highest BCUT2D eigenvalue weighted by molar-refractivity contribution is 5.82. The van der Waals surface area contributed by atoms with Crippen LogP contribution in [-0.2, 0) is 14.3 Å². The molecule has 3 rings (SSSR count). The third kappa shape index (κ3) is 4.93. The van der Waals surface area contributed by atoms with E-state index in [4.69, 9.17) is 9.84 Å². The van der Waals surface area contributed by atoms with Crippen molar-refractivity contribution in [1.82, 2.24) is 10.6 Å². The number of rotatable bonds is 8. The fourth-order valence-electron chi connectivity index (χ4n) is 3.57. The Balaban J connectivity index is 1.58. The summed E-state index contributed by atoms with van der Waals surface area (Å²) in [5.41, 5.74) is 4.56. The largest absolute Gasteiger partial charge is 0.480 e. The molecule has 2 amide bonds. The Bertz CT molecular complexity index is 866. The van der Waals surface area contributed by atoms with Crippen molar-refractivity contribution in [1.29, 1.82) is 0 Å². The number of aliphatic carboxylic acids is 1. The van der Waals surface area contributed by atoms with Gasteiger partial charge < -0.3 is 20.5 Å². The first-order chi connectivity index (χ1) is 14.0. The fraction of sp³-hybridized carbons (Fsp3) is 0.318. The minimum Gasteiger partial charge on any atom is -0.480 e. The van der Waals surface area contributed by atoms with Crippen LogP contribution in [-0.4, -0.2) is 42.3 Å². The quantitative estimate of drug-likeness (QED) is 0.636. The van der Waals surface area contributed by atoms with Crippen molar-refractivity contribution in [2.45, 2.75) is 31.7 Å². The van der Waals surface area contributed by atoms with Gasteiger partial charge in [0, 0.05) is 18.4 Å². The molecular weight excluding hydrogens is 372 g/mol. The molecule has 0 unspecified atom stereocenters. The highest BCUT2D eigenvalue weighted by Crippen LogP contribution is 2.44. The van der Waals surface area contributed by atoms with Crippen LogP contribution in [0.5, 0.6) is 0 Å². The van der Waals surface area contributed by atoms with Gasteiger partial charge in [0.25, 0.3) is 0 Å². The normalized spacial score (nSPS) is 13.1. The molecule has 0 radical (unpaired) electrons. The second kappa shape index (κ2) is 9.23. The summed E-state index contributed by atoms with van der Waals surface area (Å²) in [7, 11) is 0. The summed E-state index contributed by atoms with van der Waals surface area (Å²) < 4.78 is 5.48. The molecule has 1 aliphatic carbocycles. The SMILES string of the molecule is CC[C@H](CC(=O)NCC(=O)O)NC(=O)OCC1c2ccccc2-c2ccccc21. The molecule has 0 saturated carbocycles. The average molecular weight is 396 g/mol. The molecule has 0 spiro atoms. The Kier molecular flexibility index (Phi) is 6.49. The number of hydrogen-bond donors (Lipinski definition) is 3. The van der Waals surface area contributed by atoms with Crippen molar-refractivity contribution in [3.63, 3.8) is 0 Å². The monoisotopic (exact) mass is 396 g/mol. The molecule has 0 aromatic heterocycles. The van der Waals surface area contributed by atoms with Crippen molar-refractivity contribution < 1.29 is 24.2 Å². The maximum atomic E-state index is 12.3. The molecule has 3 N–H and O–H groups in total. The maximum absolute atomic E-state index is 12.3. The maximum Gasteiger partial charge on any atom is 0.407 e. The van der Waals surface area contributed by atoms with Crippen molar-refractivity contribution >= 4 is 18.0 Å². The third-order valence-corrected chi connectivity index (χ3v) is 5.03. The second-order valence-electron chi connectivity index (χ2n) is 6.95. The lowest BCUT2D eigenvalue weighted by molar-refractivity contribution is -0.138. The lowest BCUT2D eigenvalue weighted by Gasteiger charge is -2.18. The summed E-state index contributed by atoms with van der Waals surface area (Å²) >= 11 is 0. The zero-order valence-corrected chi connectivity index (χ0v) is 16.2. The number of amides is 2. The van der Waals surface area contributed by atoms with Crippen LogP contribution >= 0.6 is 0 Å². The van der Waals surface area contributed by atoms with Gasteiger partial charge in [0.2, 0.25) is 5.91 Å². The van der Waals surface area contributed by atoms with Crippen LogP contribution in [0.4, 0.5) is 4.79 Å². The van der Waals surface area contributed by atoms with Crippen LogP contribution in [0.15, 0.2) is 48.5 Å². The molecule has 0 aliphatic heterocycles. The minimum absolute atomic E-state index is 0.00598. The van der Waals surface area contributed by atoms with Crippen LogP contribution in [0.25, 0.3) is 11.1 Å². The molecule has 0 bridgehead atoms. The van der Waals surface area contributed by atoms with Crippen LogP contribution in [0.1, 0.15) is 36.8 Å². The van der Waals surface area contributed by atoms with Gasteiger partial charge in [0.15, 0.2) is 0 Å². The number of carbonyl (C=O) groups is 3. The van der Waals surface area contributed by atoms with E-state index in [0.717, 1.165) is 22.3 Å². The van der Waals surface area contributed by atoms with E-state index in [2.05, 4.69) is 22.8 Å². The summed E-state index contributed by atoms with van der Waals surface area (Å²) in [6, 6.07) is 15.7. The van der Waals surface area contributed by atoms with Crippen molar-refractivity contribution in [2.75, 3.05) is 13.2 Å². The highest BCUT2D eigenvalue weighted by atomic mass is 16.5. The van der Waals surface area contributed by atoms with Crippen molar-refractivity contribution in [3.05, 3.63) is 59.7 Å². The molecule has 0 heterocycles. The van der Waals surface area contributed by atoms with E-state index < -0.39 is 30.6 Å². The van der Waals surface area contributed by atoms with Gasteiger partial charge >= 0.3 is 12.1 Å². The van der Waals surface area contributed by atoms with Gasteiger partial charge in [-0.2, -0.15) is 0 Å². The standard InChI is InChI=1S/C22H24N2O5/c1-2-14(11-20(25)23-12-21(26)27)24-22(28)29-13-19-17-9-5-3-7-15(17)16-8-4-6-10-18(16)19/h3-10,14,19H,2,11-13H2,1H3,(H,23,25)(H,24,28)(H,26,27)/t14-/m1/s1. The minimum atomic E-state index is -1.11. The molecule has 29 heavy (non-hydrogen) atoms. The van der Waals surface area contributed by atoms with Crippen molar-refractivity contribution in [2.24, 2.45) is 0 Å². The first-order valence-corrected chi connectivity index (χ1v) is 9.59. The fourth-order valence-corrected chi connectivity index (χ4v) is 3.57. The smallest absolute Gasteiger partial charge is 0.407 e. The van der Waals surface area contributed by atoms with Crippen molar-refractivity contribution in [3.8, 4) is 11.1 Å². The summed E-state index contributed by atoms with van der Waals surface area (Å²) in [5, 5.41) is 13.6. The summed E-state index contributed by atoms with van der Waals surface area (Å²) in [6.45, 7) is 1.58. The summed E-state index contributed by atoms with van der Waals surface area (Å²) in [6.07, 6.45) is -0.0803. The predicted octanol–water partition coefficient (Wildman–Crippen LogP) is 2.89. The zero-order chi connectivity index (χ0) is 20.8. The highest BCUT2D eigenvalue weighted by Gasteiger charge is 2.29. The molecule has 152 valence electrons. The van der Waals surface area contributed by atoms with Gasteiger partial charge in [-0.05, 0) is 28.7 Å². The first kappa shape index (κ1) is 20.4. The number of carboxylic acids is 1. The molecular formula is C22H24N2O5. The van der Waals surface area contributed by atoms with Gasteiger partial charge in [-0.1, -0.05) is 55.5 Å². The van der Waals surface area contributed by atoms with Crippen LogP contribution in [0.3, 0.4) is 0 Å². The van der Waals surface area contributed by atoms with Crippen LogP contribution < -0.4 is 10.6 Å². The van der Waals surface area contributed by atoms with Crippen LogP contribution in [0, 0.1) is 0 Å². The molecule has 1 aliphatic rings. The summed E-state index contributed by atoms with van der Waals surface area (Å²) in [5.74, 6) is -1.58. The van der Waals surface area contributed by atoms with Gasteiger partial charge in [-0.3, -0.25) is 9.59 Å². The molecule has 1 atom stereocenters. The Hall–Kier alpha value is -3.35. The van der Waals surface area contributed by atoms with E-state index >= 15 is 0 Å². The van der Waals surface area contributed by atoms with E-state index in [-0.39, 0.29) is 18.9 Å². The molecule has 7 nitrogen and oxygen atoms in total. The molecule has 7 heteroatoms. The Morgan fingerprint density at radius 3 is 2.17 bits per heavy atom. The third-order valence-electron chi connectivity index (χ3n) is 5.03. The van der Waals surface area contributed by atoms with E-state index in [1.807, 2.05) is 43.3 Å². The van der Waals surface area contributed by atoms with Crippen LogP contribution in [0.2, 0.25) is 0 Å². The number of ether oxygens (including phenoxy) is 1. The number of fused-ring (bicyclic) bond motifs is 3. The second-order valence-corrected chi connectivity index (χ2v) is 6.95. The van der Waals surface area contributed by atoms with E-state index in [9.17, 15) is 14.4 Å². The van der Waals surface area contributed by atoms with E-state index in [0.29, 0.717) is 6.42 Å². The van der Waals surface area contributed by atoms with E-state index in [1.54, 1.807) is 0 Å². The molecule has 2 aromatic rings. The lowest BCUT2D eigenvalue weighted by atomic mass is 9.98. The lowest BCUT2D eigenvalue weighted by Crippen LogP contribution is -2.40. The number of alkyl carbamates (subject to hydrolysis) is 1. The number of nitrogens with one attached hydrogen (secondary N) is 2. The Labute approximate surface area is 169 Å². The predicted molar refractivity (Wildman–Crippen MR) is 108 cm³/mol. The number of carbonyl (C=O) groups excluding carboxylic acids is 2. The average Bonchev–Trinajstić information content (AvgIpc) is 3.04. The zero-order valence-electron chi connectivity index (χ0n) is 16.2. The Morgan fingerprint density at radius 2 is 1.62 bits per heavy atom. The van der Waals surface area contributed by atoms with Gasteiger partial charge in [-0.25, -0.2) is 4.79 Å². The Morgan fingerprint density at radius 1 is 1.03 bits per heavy atom. The van der Waals surface area contributed by atoms with E-state index in [1.165, 1.54) is 0 Å². The molecule has 0 fully saturated rings. The number of carboxylic acid groups (broad SMARTS) is 1. The van der Waals surface area contributed by atoms with Gasteiger partial charge in [0.05, 0.1) is 0 Å². The molecule has 0 saturated heterocycles. The molecule has 2 aromatic carbocycles. The van der Waals surface area contributed by atoms with Gasteiger partial charge in [0.1, 0.15) is 13.2 Å². The topological polar surface area (TPSA) is 105 Å². The first-order valence-electron chi connectivity index (χ1n) is 9.59. The summed E-state index contributed by atoms with van der Waals surface area (Å²) in [4.78, 5) is 34.6. The van der Waals surface area contributed by atoms with Gasteiger partial charge in [-0.15, -0.1) is 0 Å².